The molecule has 3 rings (SSSR count). The molecule has 0 aliphatic carbocycles. The van der Waals surface area contributed by atoms with Gasteiger partial charge in [0, 0.05) is 35.8 Å². The molecule has 0 spiro atoms. The monoisotopic (exact) mass is 429 g/mol. The Balaban J connectivity index is 1.44. The topological polar surface area (TPSA) is 61.4 Å². The molecule has 2 aromatic carbocycles. The molecule has 1 saturated heterocycles. The summed E-state index contributed by atoms with van der Waals surface area (Å²) in [5, 5.41) is 5.52. The number of nitrogens with zero attached hydrogens (tertiary/aromatic N) is 1. The molecule has 0 saturated carbocycles. The Bertz CT molecular complexity index is 802. The molecule has 0 atom stereocenters. The van der Waals surface area contributed by atoms with Crippen LogP contribution in [0.15, 0.2) is 53.0 Å². The highest BCUT2D eigenvalue weighted by Gasteiger charge is 2.23. The van der Waals surface area contributed by atoms with Gasteiger partial charge in [0.2, 0.25) is 0 Å². The molecule has 1 fully saturated rings. The zero-order chi connectivity index (χ0) is 19.2. The van der Waals surface area contributed by atoms with Crippen molar-refractivity contribution in [3.05, 3.63) is 64.1 Å². The molecule has 27 heavy (non-hydrogen) atoms. The van der Waals surface area contributed by atoms with Crippen LogP contribution in [0.3, 0.4) is 0 Å². The first kappa shape index (κ1) is 19.6. The van der Waals surface area contributed by atoms with Crippen molar-refractivity contribution in [1.29, 1.82) is 0 Å². The number of carbonyl (C=O) groups excluding carboxylic acids is 2. The fourth-order valence-electron chi connectivity index (χ4n) is 3.24. The van der Waals surface area contributed by atoms with Gasteiger partial charge in [-0.1, -0.05) is 46.3 Å². The molecular formula is C21H24BrN3O2. The summed E-state index contributed by atoms with van der Waals surface area (Å²) in [6.45, 7) is 4.68. The molecule has 2 N–H and O–H groups in total. The van der Waals surface area contributed by atoms with Gasteiger partial charge in [-0.3, -0.25) is 14.5 Å². The zero-order valence-electron chi connectivity index (χ0n) is 15.4. The first-order valence-corrected chi connectivity index (χ1v) is 9.95. The standard InChI is InChI=1S/C21H24BrN3O2/c1-15-13-18(7-8-19(15)22)24-21(27)20(26)23-17-9-11-25(12-10-17)14-16-5-3-2-4-6-16/h2-8,13,17H,9-12,14H2,1H3,(H,23,26)(H,24,27). The van der Waals surface area contributed by atoms with E-state index in [1.54, 1.807) is 6.07 Å². The first-order chi connectivity index (χ1) is 13.0. The quantitative estimate of drug-likeness (QED) is 0.731. The third kappa shape index (κ3) is 5.65. The molecule has 1 aliphatic rings. The molecular weight excluding hydrogens is 406 g/mol. The third-order valence-corrected chi connectivity index (χ3v) is 5.68. The van der Waals surface area contributed by atoms with Gasteiger partial charge in [0.05, 0.1) is 0 Å². The number of carbonyl (C=O) groups is 2. The number of hydrogen-bond acceptors (Lipinski definition) is 3. The lowest BCUT2D eigenvalue weighted by molar-refractivity contribution is -0.136. The van der Waals surface area contributed by atoms with Gasteiger partial charge in [0.1, 0.15) is 0 Å². The maximum absolute atomic E-state index is 12.2. The number of nitrogens with one attached hydrogen (secondary N) is 2. The van der Waals surface area contributed by atoms with Crippen LogP contribution in [0.1, 0.15) is 24.0 Å². The van der Waals surface area contributed by atoms with Crippen LogP contribution in [0.2, 0.25) is 0 Å². The highest BCUT2D eigenvalue weighted by molar-refractivity contribution is 9.10. The van der Waals surface area contributed by atoms with Gasteiger partial charge >= 0.3 is 11.8 Å². The number of hydrogen-bond donors (Lipinski definition) is 2. The Hall–Kier alpha value is -2.18. The SMILES string of the molecule is Cc1cc(NC(=O)C(=O)NC2CCN(Cc3ccccc3)CC2)ccc1Br. The van der Waals surface area contributed by atoms with Gasteiger partial charge in [0.15, 0.2) is 0 Å². The molecule has 0 bridgehead atoms. The second kappa shape index (κ2) is 9.15. The van der Waals surface area contributed by atoms with E-state index in [9.17, 15) is 9.59 Å². The van der Waals surface area contributed by atoms with Gasteiger partial charge in [-0.15, -0.1) is 0 Å². The fourth-order valence-corrected chi connectivity index (χ4v) is 3.48. The lowest BCUT2D eigenvalue weighted by atomic mass is 10.0. The fraction of sp³-hybridized carbons (Fsp3) is 0.333. The minimum absolute atomic E-state index is 0.0435. The van der Waals surface area contributed by atoms with Crippen molar-refractivity contribution in [2.24, 2.45) is 0 Å². The van der Waals surface area contributed by atoms with E-state index in [-0.39, 0.29) is 6.04 Å². The van der Waals surface area contributed by atoms with E-state index in [1.807, 2.05) is 37.3 Å². The average Bonchev–Trinajstić information content (AvgIpc) is 2.67. The van der Waals surface area contributed by atoms with Crippen molar-refractivity contribution in [3.8, 4) is 0 Å². The Labute approximate surface area is 168 Å². The summed E-state index contributed by atoms with van der Waals surface area (Å²) in [4.78, 5) is 26.7. The molecule has 6 heteroatoms. The van der Waals surface area contributed by atoms with Gasteiger partial charge in [-0.25, -0.2) is 0 Å². The van der Waals surface area contributed by atoms with Crippen molar-refractivity contribution >= 4 is 33.4 Å². The second-order valence-corrected chi connectivity index (χ2v) is 7.78. The van der Waals surface area contributed by atoms with Crippen LogP contribution in [0.4, 0.5) is 5.69 Å². The number of piperidine rings is 1. The largest absolute Gasteiger partial charge is 0.345 e. The van der Waals surface area contributed by atoms with E-state index in [2.05, 4.69) is 43.6 Å². The minimum Gasteiger partial charge on any atom is -0.345 e. The number of amides is 2. The molecule has 1 aliphatic heterocycles. The molecule has 2 aromatic rings. The van der Waals surface area contributed by atoms with Crippen molar-refractivity contribution in [2.75, 3.05) is 18.4 Å². The van der Waals surface area contributed by atoms with Gasteiger partial charge in [-0.2, -0.15) is 0 Å². The normalized spacial score (nSPS) is 15.3. The summed E-state index contributed by atoms with van der Waals surface area (Å²) in [5.74, 6) is -1.19. The average molecular weight is 430 g/mol. The highest BCUT2D eigenvalue weighted by Crippen LogP contribution is 2.20. The van der Waals surface area contributed by atoms with Crippen LogP contribution in [-0.4, -0.2) is 35.8 Å². The summed E-state index contributed by atoms with van der Waals surface area (Å²) in [7, 11) is 0. The number of halogens is 1. The molecule has 0 aromatic heterocycles. The Kier molecular flexibility index (Phi) is 6.63. The molecule has 2 amide bonds. The van der Waals surface area contributed by atoms with Gasteiger partial charge in [0.25, 0.3) is 0 Å². The number of benzene rings is 2. The van der Waals surface area contributed by atoms with E-state index in [0.717, 1.165) is 42.5 Å². The zero-order valence-corrected chi connectivity index (χ0v) is 17.0. The number of anilines is 1. The van der Waals surface area contributed by atoms with E-state index in [4.69, 9.17) is 0 Å². The predicted octanol–water partition coefficient (Wildman–Crippen LogP) is 3.48. The maximum atomic E-state index is 12.2. The Morgan fingerprint density at radius 2 is 1.78 bits per heavy atom. The van der Waals surface area contributed by atoms with E-state index < -0.39 is 11.8 Å². The lowest BCUT2D eigenvalue weighted by Crippen LogP contribution is -2.47. The molecule has 5 nitrogen and oxygen atoms in total. The number of aryl methyl sites for hydroxylation is 1. The van der Waals surface area contributed by atoms with Crippen LogP contribution >= 0.6 is 15.9 Å². The second-order valence-electron chi connectivity index (χ2n) is 6.93. The highest BCUT2D eigenvalue weighted by atomic mass is 79.9. The third-order valence-electron chi connectivity index (χ3n) is 4.79. The molecule has 0 unspecified atom stereocenters. The smallest absolute Gasteiger partial charge is 0.313 e. The summed E-state index contributed by atoms with van der Waals surface area (Å²) in [6, 6.07) is 15.9. The molecule has 0 radical (unpaired) electrons. The van der Waals surface area contributed by atoms with Crippen molar-refractivity contribution < 1.29 is 9.59 Å². The van der Waals surface area contributed by atoms with Gasteiger partial charge in [-0.05, 0) is 49.1 Å². The van der Waals surface area contributed by atoms with Crippen molar-refractivity contribution in [3.63, 3.8) is 0 Å². The van der Waals surface area contributed by atoms with Crippen LogP contribution < -0.4 is 10.6 Å². The Morgan fingerprint density at radius 1 is 1.07 bits per heavy atom. The lowest BCUT2D eigenvalue weighted by Gasteiger charge is -2.32. The van der Waals surface area contributed by atoms with Gasteiger partial charge < -0.3 is 10.6 Å². The van der Waals surface area contributed by atoms with Crippen molar-refractivity contribution in [2.45, 2.75) is 32.4 Å². The Morgan fingerprint density at radius 3 is 2.44 bits per heavy atom. The number of rotatable bonds is 4. The van der Waals surface area contributed by atoms with E-state index >= 15 is 0 Å². The van der Waals surface area contributed by atoms with E-state index in [1.165, 1.54) is 5.56 Å². The van der Waals surface area contributed by atoms with Crippen LogP contribution in [0, 0.1) is 6.92 Å². The van der Waals surface area contributed by atoms with Crippen LogP contribution in [0.5, 0.6) is 0 Å². The predicted molar refractivity (Wildman–Crippen MR) is 110 cm³/mol. The minimum atomic E-state index is -0.622. The van der Waals surface area contributed by atoms with E-state index in [0.29, 0.717) is 5.69 Å². The first-order valence-electron chi connectivity index (χ1n) is 9.15. The number of likely N-dealkylation sites (tertiary alicyclic amines) is 1. The van der Waals surface area contributed by atoms with Crippen LogP contribution in [-0.2, 0) is 16.1 Å². The summed E-state index contributed by atoms with van der Waals surface area (Å²) < 4.78 is 0.965. The molecule has 1 heterocycles. The molecule has 142 valence electrons. The van der Waals surface area contributed by atoms with Crippen LogP contribution in [0.25, 0.3) is 0 Å². The van der Waals surface area contributed by atoms with Crippen molar-refractivity contribution in [1.82, 2.24) is 10.2 Å². The summed E-state index contributed by atoms with van der Waals surface area (Å²) in [5.41, 5.74) is 2.91. The summed E-state index contributed by atoms with van der Waals surface area (Å²) in [6.07, 6.45) is 1.70. The summed E-state index contributed by atoms with van der Waals surface area (Å²) >= 11 is 3.42. The maximum Gasteiger partial charge on any atom is 0.313 e.